The first kappa shape index (κ1) is 10.4. The van der Waals surface area contributed by atoms with Crippen molar-refractivity contribution >= 4 is 23.0 Å². The lowest BCUT2D eigenvalue weighted by molar-refractivity contribution is 0.444. The molecule has 1 saturated carbocycles. The number of nitrogens with zero attached hydrogens (tertiary/aromatic N) is 1. The first-order chi connectivity index (χ1) is 7.15. The Morgan fingerprint density at radius 1 is 1.53 bits per heavy atom. The van der Waals surface area contributed by atoms with E-state index in [1.165, 1.54) is 19.3 Å². The summed E-state index contributed by atoms with van der Waals surface area (Å²) in [6.45, 7) is 1.95. The number of thiocarbonyl (C=S) groups is 1. The van der Waals surface area contributed by atoms with E-state index in [1.807, 2.05) is 19.1 Å². The molecule has 1 aliphatic carbocycles. The summed E-state index contributed by atoms with van der Waals surface area (Å²) in [6.07, 6.45) is 3.78. The fourth-order valence-electron chi connectivity index (χ4n) is 1.65. The van der Waals surface area contributed by atoms with Crippen LogP contribution in [0.15, 0.2) is 12.1 Å². The van der Waals surface area contributed by atoms with Crippen molar-refractivity contribution in [2.75, 3.05) is 5.32 Å². The molecule has 1 fully saturated rings. The smallest absolute Gasteiger partial charge is 0.127 e. The van der Waals surface area contributed by atoms with Crippen molar-refractivity contribution in [3.05, 3.63) is 23.4 Å². The molecule has 0 bridgehead atoms. The number of anilines is 1. The Balaban J connectivity index is 2.18. The van der Waals surface area contributed by atoms with Gasteiger partial charge in [0.05, 0.1) is 0 Å². The zero-order chi connectivity index (χ0) is 10.8. The summed E-state index contributed by atoms with van der Waals surface area (Å²) in [5.41, 5.74) is 7.44. The second-order valence-electron chi connectivity index (χ2n) is 4.02. The molecule has 0 radical (unpaired) electrons. The number of aryl methyl sites for hydroxylation is 1. The molecule has 4 heteroatoms. The van der Waals surface area contributed by atoms with Gasteiger partial charge in [-0.05, 0) is 38.3 Å². The number of rotatable bonds is 3. The minimum atomic E-state index is 0.428. The van der Waals surface area contributed by atoms with Crippen molar-refractivity contribution in [2.24, 2.45) is 5.73 Å². The average molecular weight is 221 g/mol. The molecule has 1 aliphatic rings. The summed E-state index contributed by atoms with van der Waals surface area (Å²) in [5.74, 6) is 0.891. The van der Waals surface area contributed by atoms with E-state index in [4.69, 9.17) is 18.0 Å². The minimum Gasteiger partial charge on any atom is -0.389 e. The van der Waals surface area contributed by atoms with E-state index in [2.05, 4.69) is 10.3 Å². The fourth-order valence-corrected chi connectivity index (χ4v) is 1.76. The molecule has 0 aliphatic heterocycles. The molecule has 80 valence electrons. The summed E-state index contributed by atoms with van der Waals surface area (Å²) in [6, 6.07) is 4.42. The lowest BCUT2D eigenvalue weighted by Crippen LogP contribution is -2.27. The van der Waals surface area contributed by atoms with Crippen LogP contribution in [0.2, 0.25) is 0 Å². The van der Waals surface area contributed by atoms with Crippen molar-refractivity contribution in [2.45, 2.75) is 32.2 Å². The molecule has 15 heavy (non-hydrogen) atoms. The van der Waals surface area contributed by atoms with Gasteiger partial charge >= 0.3 is 0 Å². The monoisotopic (exact) mass is 221 g/mol. The van der Waals surface area contributed by atoms with Crippen LogP contribution in [0.4, 0.5) is 5.82 Å². The first-order valence-electron chi connectivity index (χ1n) is 5.20. The number of aromatic nitrogens is 1. The standard InChI is InChI=1S/C11H15N3S/c1-7-5-8(11(12)15)6-10(13-7)14-9-3-2-4-9/h5-6,9H,2-4H2,1H3,(H2,12,15)(H,13,14). The minimum absolute atomic E-state index is 0.428. The van der Waals surface area contributed by atoms with E-state index >= 15 is 0 Å². The Labute approximate surface area is 95.1 Å². The molecule has 1 heterocycles. The fraction of sp³-hybridized carbons (Fsp3) is 0.455. The number of hydrogen-bond donors (Lipinski definition) is 2. The third kappa shape index (κ3) is 2.45. The van der Waals surface area contributed by atoms with Gasteiger partial charge < -0.3 is 11.1 Å². The maximum atomic E-state index is 5.60. The molecule has 1 aromatic rings. The van der Waals surface area contributed by atoms with Crippen LogP contribution in [-0.2, 0) is 0 Å². The molecule has 0 atom stereocenters. The molecule has 3 nitrogen and oxygen atoms in total. The average Bonchev–Trinajstić information content (AvgIpc) is 2.10. The number of nitrogens with two attached hydrogens (primary N) is 1. The normalized spacial score (nSPS) is 15.8. The van der Waals surface area contributed by atoms with Crippen molar-refractivity contribution < 1.29 is 0 Å². The van der Waals surface area contributed by atoms with Gasteiger partial charge in [0.2, 0.25) is 0 Å². The molecule has 0 saturated heterocycles. The van der Waals surface area contributed by atoms with Crippen molar-refractivity contribution in [1.82, 2.24) is 4.98 Å². The summed E-state index contributed by atoms with van der Waals surface area (Å²) in [5, 5.41) is 3.39. The Bertz CT molecular complexity index is 385. The van der Waals surface area contributed by atoms with Crippen molar-refractivity contribution in [1.29, 1.82) is 0 Å². The van der Waals surface area contributed by atoms with Gasteiger partial charge in [0, 0.05) is 17.3 Å². The zero-order valence-electron chi connectivity index (χ0n) is 8.79. The molecular weight excluding hydrogens is 206 g/mol. The van der Waals surface area contributed by atoms with E-state index in [0.29, 0.717) is 11.0 Å². The second kappa shape index (κ2) is 4.14. The van der Waals surface area contributed by atoms with Gasteiger partial charge in [-0.3, -0.25) is 0 Å². The predicted molar refractivity (Wildman–Crippen MR) is 66.1 cm³/mol. The maximum Gasteiger partial charge on any atom is 0.127 e. The van der Waals surface area contributed by atoms with Gasteiger partial charge in [-0.1, -0.05) is 12.2 Å². The highest BCUT2D eigenvalue weighted by molar-refractivity contribution is 7.80. The zero-order valence-corrected chi connectivity index (χ0v) is 9.60. The van der Waals surface area contributed by atoms with Gasteiger partial charge in [-0.25, -0.2) is 4.98 Å². The van der Waals surface area contributed by atoms with Gasteiger partial charge in [0.15, 0.2) is 0 Å². The summed E-state index contributed by atoms with van der Waals surface area (Å²) >= 11 is 4.96. The number of pyridine rings is 1. The highest BCUT2D eigenvalue weighted by Crippen LogP contribution is 2.22. The summed E-state index contributed by atoms with van der Waals surface area (Å²) in [7, 11) is 0. The quantitative estimate of drug-likeness (QED) is 0.766. The second-order valence-corrected chi connectivity index (χ2v) is 4.46. The highest BCUT2D eigenvalue weighted by atomic mass is 32.1. The molecule has 0 unspecified atom stereocenters. The summed E-state index contributed by atoms with van der Waals surface area (Å²) < 4.78 is 0. The SMILES string of the molecule is Cc1cc(C(N)=S)cc(NC2CCC2)n1. The molecule has 1 aromatic heterocycles. The van der Waals surface area contributed by atoms with E-state index in [0.717, 1.165) is 17.1 Å². The van der Waals surface area contributed by atoms with Crippen LogP contribution in [0.3, 0.4) is 0 Å². The van der Waals surface area contributed by atoms with E-state index < -0.39 is 0 Å². The van der Waals surface area contributed by atoms with Crippen LogP contribution in [0, 0.1) is 6.92 Å². The Hall–Kier alpha value is -1.16. The highest BCUT2D eigenvalue weighted by Gasteiger charge is 2.17. The lowest BCUT2D eigenvalue weighted by Gasteiger charge is -2.27. The van der Waals surface area contributed by atoms with Gasteiger partial charge in [0.25, 0.3) is 0 Å². The summed E-state index contributed by atoms with van der Waals surface area (Å²) in [4.78, 5) is 4.84. The molecule has 2 rings (SSSR count). The molecule has 0 aromatic carbocycles. The van der Waals surface area contributed by atoms with Crippen LogP contribution in [-0.4, -0.2) is 16.0 Å². The molecular formula is C11H15N3S. The van der Waals surface area contributed by atoms with Crippen LogP contribution in [0.25, 0.3) is 0 Å². The topological polar surface area (TPSA) is 50.9 Å². The molecule has 0 amide bonds. The third-order valence-electron chi connectivity index (χ3n) is 2.70. The van der Waals surface area contributed by atoms with Crippen LogP contribution in [0.5, 0.6) is 0 Å². The van der Waals surface area contributed by atoms with Crippen molar-refractivity contribution in [3.63, 3.8) is 0 Å². The number of nitrogens with one attached hydrogen (secondary N) is 1. The van der Waals surface area contributed by atoms with Crippen LogP contribution >= 0.6 is 12.2 Å². The van der Waals surface area contributed by atoms with Crippen molar-refractivity contribution in [3.8, 4) is 0 Å². The van der Waals surface area contributed by atoms with E-state index in [1.54, 1.807) is 0 Å². The third-order valence-corrected chi connectivity index (χ3v) is 2.93. The van der Waals surface area contributed by atoms with Gasteiger partial charge in [-0.2, -0.15) is 0 Å². The Morgan fingerprint density at radius 3 is 2.80 bits per heavy atom. The van der Waals surface area contributed by atoms with E-state index in [-0.39, 0.29) is 0 Å². The maximum absolute atomic E-state index is 5.60. The molecule has 0 spiro atoms. The largest absolute Gasteiger partial charge is 0.389 e. The Morgan fingerprint density at radius 2 is 2.27 bits per heavy atom. The van der Waals surface area contributed by atoms with Crippen LogP contribution in [0.1, 0.15) is 30.5 Å². The van der Waals surface area contributed by atoms with E-state index in [9.17, 15) is 0 Å². The molecule has 3 N–H and O–H groups in total. The first-order valence-corrected chi connectivity index (χ1v) is 5.61. The number of hydrogen-bond acceptors (Lipinski definition) is 3. The van der Waals surface area contributed by atoms with Crippen LogP contribution < -0.4 is 11.1 Å². The Kier molecular flexibility index (Phi) is 2.86. The van der Waals surface area contributed by atoms with Gasteiger partial charge in [0.1, 0.15) is 10.8 Å². The van der Waals surface area contributed by atoms with Gasteiger partial charge in [-0.15, -0.1) is 0 Å². The lowest BCUT2D eigenvalue weighted by atomic mass is 9.93. The predicted octanol–water partition coefficient (Wildman–Crippen LogP) is 1.99.